The molecule has 13 atom stereocenters. The molecule has 6 heteroatoms. The quantitative estimate of drug-likeness (QED) is 0.191. The van der Waals surface area contributed by atoms with Crippen LogP contribution in [0.25, 0.3) is 0 Å². The van der Waals surface area contributed by atoms with Crippen molar-refractivity contribution in [2.24, 2.45) is 56.7 Å². The number of hydrogen-bond donors (Lipinski definition) is 0. The Morgan fingerprint density at radius 1 is 0.957 bits per heavy atom. The standard InChI is InChI=1S/C41H69NO4Si/c1-12-47(13-2,14-3)46-35-34-32(27(6)24-29(44-34)33(26(4)5)45-36(43)42-22-15-23-42)38(10)20-21-41-25-40(41)19-18-28(7)37(8,9)30(40)16-17-31(41)39(35,38)11/h27-35H,4,12-25H2,1-3,5-11H3/t27-,28?,29-,30+,31+,32+,33-,34+,35+,38-,39-,40-,41+/m1/s1. The van der Waals surface area contributed by atoms with E-state index >= 15 is 0 Å². The highest BCUT2D eigenvalue weighted by Crippen LogP contribution is 2.89. The van der Waals surface area contributed by atoms with E-state index in [9.17, 15) is 4.79 Å². The van der Waals surface area contributed by atoms with Gasteiger partial charge in [0.25, 0.3) is 0 Å². The Morgan fingerprint density at radius 2 is 1.60 bits per heavy atom. The molecule has 2 heterocycles. The monoisotopic (exact) mass is 667 g/mol. The van der Waals surface area contributed by atoms with E-state index in [-0.39, 0.29) is 35.2 Å². The molecule has 0 bridgehead atoms. The number of nitrogens with zero attached hydrogens (tertiary/aromatic N) is 1. The third kappa shape index (κ3) is 4.47. The van der Waals surface area contributed by atoms with Crippen molar-refractivity contribution in [2.75, 3.05) is 13.1 Å². The van der Waals surface area contributed by atoms with Crippen LogP contribution < -0.4 is 0 Å². The number of ether oxygens (including phenoxy) is 2. The second kappa shape index (κ2) is 11.3. The van der Waals surface area contributed by atoms with Crippen LogP contribution in [0.5, 0.6) is 0 Å². The minimum atomic E-state index is -1.97. The Balaban J connectivity index is 1.28. The normalized spacial score (nSPS) is 48.5. The summed E-state index contributed by atoms with van der Waals surface area (Å²) >= 11 is 0. The van der Waals surface area contributed by atoms with Crippen LogP contribution in [0, 0.1) is 56.7 Å². The lowest BCUT2D eigenvalue weighted by molar-refractivity contribution is -0.172. The summed E-state index contributed by atoms with van der Waals surface area (Å²) in [4.78, 5) is 15.0. The maximum Gasteiger partial charge on any atom is 0.410 e. The second-order valence-corrected chi connectivity index (χ2v) is 24.0. The molecule has 0 aromatic carbocycles. The molecular weight excluding hydrogens is 599 g/mol. The van der Waals surface area contributed by atoms with Gasteiger partial charge in [0.2, 0.25) is 0 Å². The Morgan fingerprint density at radius 3 is 2.19 bits per heavy atom. The maximum atomic E-state index is 13.1. The molecule has 2 spiro atoms. The van der Waals surface area contributed by atoms with Gasteiger partial charge in [-0.3, -0.25) is 0 Å². The SMILES string of the molecule is C=C(C)[C@@H](OC(=O)N1CCC1)[C@H]1C[C@@H](C)[C@H]2[C@H](O1)[C@H](O[Si](CC)(CC)CC)[C@@]1(C)[C@@H]3CC[C@H]4C(C)(C)C(C)CC[C@@]45C[C@@]35CC[C@]21C. The molecule has 5 saturated carbocycles. The number of amides is 1. The van der Waals surface area contributed by atoms with Crippen molar-refractivity contribution in [3.05, 3.63) is 12.2 Å². The van der Waals surface area contributed by atoms with E-state index in [0.717, 1.165) is 61.5 Å². The van der Waals surface area contributed by atoms with Gasteiger partial charge in [0, 0.05) is 18.5 Å². The molecular formula is C41H69NO4Si. The molecule has 0 aromatic heterocycles. The van der Waals surface area contributed by atoms with Gasteiger partial charge in [0.05, 0.1) is 18.3 Å². The minimum Gasteiger partial charge on any atom is -0.439 e. The molecule has 7 aliphatic rings. The van der Waals surface area contributed by atoms with Crippen LogP contribution in [0.15, 0.2) is 12.2 Å². The summed E-state index contributed by atoms with van der Waals surface area (Å²) in [5.74, 6) is 3.29. The van der Waals surface area contributed by atoms with Crippen LogP contribution in [0.4, 0.5) is 4.79 Å². The van der Waals surface area contributed by atoms with Crippen molar-refractivity contribution in [3.63, 3.8) is 0 Å². The lowest BCUT2D eigenvalue weighted by atomic mass is 9.41. The largest absolute Gasteiger partial charge is 0.439 e. The molecule has 0 N–H and O–H groups in total. The number of hydrogen-bond acceptors (Lipinski definition) is 4. The van der Waals surface area contributed by atoms with Crippen molar-refractivity contribution < 1.29 is 18.7 Å². The van der Waals surface area contributed by atoms with E-state index in [2.05, 4.69) is 68.9 Å². The predicted octanol–water partition coefficient (Wildman–Crippen LogP) is 10.3. The first-order valence-electron chi connectivity index (χ1n) is 20.1. The molecule has 1 amide bonds. The fraction of sp³-hybridized carbons (Fsp3) is 0.927. The molecule has 0 aromatic rings. The molecule has 7 rings (SSSR count). The molecule has 7 fully saturated rings. The average molecular weight is 668 g/mol. The number of carbonyl (C=O) groups excluding carboxylic acids is 1. The molecule has 5 nitrogen and oxygen atoms in total. The molecule has 1 unspecified atom stereocenters. The van der Waals surface area contributed by atoms with Crippen LogP contribution in [0.1, 0.15) is 127 Å². The Kier molecular flexibility index (Phi) is 8.33. The predicted molar refractivity (Wildman–Crippen MR) is 193 cm³/mol. The smallest absolute Gasteiger partial charge is 0.410 e. The summed E-state index contributed by atoms with van der Waals surface area (Å²) in [6.07, 6.45) is 11.0. The van der Waals surface area contributed by atoms with Gasteiger partial charge >= 0.3 is 6.09 Å². The number of carbonyl (C=O) groups is 1. The number of rotatable bonds is 8. The average Bonchev–Trinajstić information content (AvgIpc) is 3.63. The highest BCUT2D eigenvalue weighted by molar-refractivity contribution is 6.73. The van der Waals surface area contributed by atoms with Crippen LogP contribution >= 0.6 is 0 Å². The fourth-order valence-electron chi connectivity index (χ4n) is 14.3. The molecule has 47 heavy (non-hydrogen) atoms. The van der Waals surface area contributed by atoms with Gasteiger partial charge in [0.1, 0.15) is 0 Å². The number of fused-ring (bicyclic) bond motifs is 4. The fourth-order valence-corrected chi connectivity index (χ4v) is 17.2. The van der Waals surface area contributed by atoms with E-state index in [1.54, 1.807) is 0 Å². The topological polar surface area (TPSA) is 48.0 Å². The molecule has 2 saturated heterocycles. The maximum absolute atomic E-state index is 13.1. The first-order chi connectivity index (χ1) is 22.1. The van der Waals surface area contributed by atoms with Crippen molar-refractivity contribution in [1.82, 2.24) is 4.90 Å². The van der Waals surface area contributed by atoms with Crippen LogP contribution in [-0.2, 0) is 13.9 Å². The summed E-state index contributed by atoms with van der Waals surface area (Å²) in [5.41, 5.74) is 2.56. The third-order valence-electron chi connectivity index (χ3n) is 17.8. The summed E-state index contributed by atoms with van der Waals surface area (Å²) in [6, 6.07) is 3.49. The summed E-state index contributed by atoms with van der Waals surface area (Å²) in [6.45, 7) is 30.8. The lowest BCUT2D eigenvalue weighted by Crippen LogP contribution is -2.60. The van der Waals surface area contributed by atoms with Crippen LogP contribution in [0.3, 0.4) is 0 Å². The van der Waals surface area contributed by atoms with Gasteiger partial charge in [-0.1, -0.05) is 68.9 Å². The van der Waals surface area contributed by atoms with E-state index in [1.807, 2.05) is 11.8 Å². The third-order valence-corrected chi connectivity index (χ3v) is 22.4. The zero-order valence-corrected chi connectivity index (χ0v) is 32.9. The van der Waals surface area contributed by atoms with Gasteiger partial charge in [-0.25, -0.2) is 4.79 Å². The van der Waals surface area contributed by atoms with Crippen LogP contribution in [0.2, 0.25) is 18.1 Å². The summed E-state index contributed by atoms with van der Waals surface area (Å²) in [7, 11) is -1.97. The first kappa shape index (κ1) is 34.6. The zero-order valence-electron chi connectivity index (χ0n) is 31.9. The minimum absolute atomic E-state index is 0.0326. The van der Waals surface area contributed by atoms with Gasteiger partial charge in [0.15, 0.2) is 14.4 Å². The van der Waals surface area contributed by atoms with Crippen LogP contribution in [-0.4, -0.2) is 56.8 Å². The number of likely N-dealkylation sites (tertiary alicyclic amines) is 1. The zero-order chi connectivity index (χ0) is 33.9. The summed E-state index contributed by atoms with van der Waals surface area (Å²) in [5, 5.41) is 0. The van der Waals surface area contributed by atoms with E-state index in [1.165, 1.54) is 44.9 Å². The van der Waals surface area contributed by atoms with Crippen molar-refractivity contribution in [1.29, 1.82) is 0 Å². The van der Waals surface area contributed by atoms with Crippen molar-refractivity contribution in [2.45, 2.75) is 170 Å². The highest BCUT2D eigenvalue weighted by atomic mass is 28.4. The van der Waals surface area contributed by atoms with E-state index in [4.69, 9.17) is 13.9 Å². The second-order valence-electron chi connectivity index (χ2n) is 19.3. The van der Waals surface area contributed by atoms with E-state index < -0.39 is 14.4 Å². The van der Waals surface area contributed by atoms with Gasteiger partial charge in [-0.05, 0) is 140 Å². The Labute approximate surface area is 288 Å². The molecule has 5 aliphatic carbocycles. The van der Waals surface area contributed by atoms with E-state index in [0.29, 0.717) is 34.0 Å². The molecule has 2 aliphatic heterocycles. The molecule has 266 valence electrons. The van der Waals surface area contributed by atoms with Gasteiger partial charge in [-0.15, -0.1) is 0 Å². The Hall–Kier alpha value is -0.853. The van der Waals surface area contributed by atoms with Gasteiger partial charge in [-0.2, -0.15) is 0 Å². The van der Waals surface area contributed by atoms with Crippen molar-refractivity contribution >= 4 is 14.4 Å². The highest BCUT2D eigenvalue weighted by Gasteiger charge is 2.84. The first-order valence-corrected chi connectivity index (χ1v) is 22.6. The molecule has 0 radical (unpaired) electrons. The lowest BCUT2D eigenvalue weighted by Gasteiger charge is -2.64. The summed E-state index contributed by atoms with van der Waals surface area (Å²) < 4.78 is 21.6. The van der Waals surface area contributed by atoms with Crippen molar-refractivity contribution in [3.8, 4) is 0 Å². The van der Waals surface area contributed by atoms with Gasteiger partial charge < -0.3 is 18.8 Å². The Bertz CT molecular complexity index is 1250.